The molecule has 0 aliphatic carbocycles. The van der Waals surface area contributed by atoms with E-state index in [1.54, 1.807) is 0 Å². The van der Waals surface area contributed by atoms with E-state index in [9.17, 15) is 5.26 Å². The summed E-state index contributed by atoms with van der Waals surface area (Å²) in [5, 5.41) is 25.6. The van der Waals surface area contributed by atoms with Crippen LogP contribution in [0.15, 0.2) is 146 Å². The van der Waals surface area contributed by atoms with Gasteiger partial charge < -0.3 is 0 Å². The van der Waals surface area contributed by atoms with Crippen molar-refractivity contribution in [1.82, 2.24) is 0 Å². The molecule has 0 aliphatic heterocycles. The zero-order valence-corrected chi connectivity index (χ0v) is 26.2. The molecule has 0 radical (unpaired) electrons. The van der Waals surface area contributed by atoms with Gasteiger partial charge in [-0.2, -0.15) is 5.26 Å². The van der Waals surface area contributed by atoms with Crippen LogP contribution in [0.1, 0.15) is 24.5 Å². The van der Waals surface area contributed by atoms with Gasteiger partial charge in [0.15, 0.2) is 0 Å². The van der Waals surface area contributed by atoms with E-state index < -0.39 is 0 Å². The van der Waals surface area contributed by atoms with Gasteiger partial charge in [0, 0.05) is 5.56 Å². The molecule has 0 unspecified atom stereocenters. The monoisotopic (exact) mass is 597 g/mol. The fourth-order valence-electron chi connectivity index (χ4n) is 7.87. The summed E-state index contributed by atoms with van der Waals surface area (Å²) in [5.41, 5.74) is 6.36. The van der Waals surface area contributed by atoms with Crippen molar-refractivity contribution in [2.24, 2.45) is 0 Å². The van der Waals surface area contributed by atoms with E-state index in [0.29, 0.717) is 0 Å². The lowest BCUT2D eigenvalue weighted by Gasteiger charge is -2.17. The van der Waals surface area contributed by atoms with Crippen LogP contribution in [0.5, 0.6) is 0 Å². The second-order valence-electron chi connectivity index (χ2n) is 12.6. The molecule has 0 saturated heterocycles. The standard InChI is InChI=1S/C46H31N/c1-2-11-29-24-32(28-47)44(31-21-23-42-38-17-6-4-13-34(38)36-15-8-10-19-40(36)46(42)26-31)27-43(29)30-20-22-41-37-16-5-3-12-33(37)35-14-7-9-18-39(35)45(41)25-30/h3-10,12-27H,2,11H2,1H3. The van der Waals surface area contributed by atoms with Gasteiger partial charge in [0.05, 0.1) is 11.6 Å². The molecule has 9 aromatic rings. The van der Waals surface area contributed by atoms with Gasteiger partial charge in [-0.3, -0.25) is 0 Å². The summed E-state index contributed by atoms with van der Waals surface area (Å²) in [4.78, 5) is 0. The Morgan fingerprint density at radius 1 is 0.404 bits per heavy atom. The van der Waals surface area contributed by atoms with Crippen LogP contribution in [-0.2, 0) is 6.42 Å². The molecular weight excluding hydrogens is 567 g/mol. The number of nitrogens with zero attached hydrogens (tertiary/aromatic N) is 1. The number of fused-ring (bicyclic) bond motifs is 12. The molecule has 0 amide bonds. The fourth-order valence-corrected chi connectivity index (χ4v) is 7.87. The minimum absolute atomic E-state index is 0.721. The summed E-state index contributed by atoms with van der Waals surface area (Å²) in [6.45, 7) is 2.21. The van der Waals surface area contributed by atoms with E-state index in [0.717, 1.165) is 29.5 Å². The molecule has 0 N–H and O–H groups in total. The molecule has 0 saturated carbocycles. The normalized spacial score (nSPS) is 11.7. The van der Waals surface area contributed by atoms with Crippen molar-refractivity contribution in [3.05, 3.63) is 157 Å². The summed E-state index contributed by atoms with van der Waals surface area (Å²) in [6.07, 6.45) is 1.92. The Labute approximate surface area is 273 Å². The molecule has 0 spiro atoms. The zero-order valence-electron chi connectivity index (χ0n) is 26.2. The molecule has 0 aromatic heterocycles. The lowest BCUT2D eigenvalue weighted by molar-refractivity contribution is 0.923. The third kappa shape index (κ3) is 4.23. The third-order valence-corrected chi connectivity index (χ3v) is 9.99. The predicted molar refractivity (Wildman–Crippen MR) is 201 cm³/mol. The maximum absolute atomic E-state index is 10.5. The number of hydrogen-bond donors (Lipinski definition) is 0. The van der Waals surface area contributed by atoms with E-state index >= 15 is 0 Å². The van der Waals surface area contributed by atoms with Gasteiger partial charge in [0.2, 0.25) is 0 Å². The maximum atomic E-state index is 10.5. The van der Waals surface area contributed by atoms with Crippen molar-refractivity contribution in [1.29, 1.82) is 5.26 Å². The number of rotatable bonds is 4. The van der Waals surface area contributed by atoms with Gasteiger partial charge in [-0.1, -0.05) is 135 Å². The van der Waals surface area contributed by atoms with E-state index in [4.69, 9.17) is 0 Å². The van der Waals surface area contributed by atoms with Crippen LogP contribution in [0.3, 0.4) is 0 Å². The van der Waals surface area contributed by atoms with Crippen molar-refractivity contribution >= 4 is 64.6 Å². The molecule has 220 valence electrons. The Balaban J connectivity index is 1.31. The second-order valence-corrected chi connectivity index (χ2v) is 12.6. The first kappa shape index (κ1) is 27.3. The molecule has 0 heterocycles. The number of hydrogen-bond acceptors (Lipinski definition) is 1. The van der Waals surface area contributed by atoms with Crippen molar-refractivity contribution in [3.63, 3.8) is 0 Å². The Hall–Kier alpha value is -5.97. The SMILES string of the molecule is CCCc1cc(C#N)c(-c2ccc3c4ccccc4c4ccccc4c3c2)cc1-c1ccc2c3ccccc3c3ccccc3c2c1. The number of benzene rings is 9. The largest absolute Gasteiger partial charge is 0.192 e. The van der Waals surface area contributed by atoms with Gasteiger partial charge in [0.1, 0.15) is 0 Å². The van der Waals surface area contributed by atoms with Crippen molar-refractivity contribution < 1.29 is 0 Å². The first-order valence-corrected chi connectivity index (χ1v) is 16.5. The van der Waals surface area contributed by atoms with Crippen LogP contribution in [0.25, 0.3) is 86.9 Å². The van der Waals surface area contributed by atoms with Gasteiger partial charge in [0.25, 0.3) is 0 Å². The Morgan fingerprint density at radius 2 is 0.766 bits per heavy atom. The molecule has 47 heavy (non-hydrogen) atoms. The Kier molecular flexibility index (Phi) is 6.30. The first-order valence-electron chi connectivity index (χ1n) is 16.5. The van der Waals surface area contributed by atoms with Crippen molar-refractivity contribution in [2.75, 3.05) is 0 Å². The van der Waals surface area contributed by atoms with Gasteiger partial charge in [-0.15, -0.1) is 0 Å². The van der Waals surface area contributed by atoms with Crippen LogP contribution >= 0.6 is 0 Å². The zero-order chi connectivity index (χ0) is 31.5. The summed E-state index contributed by atoms with van der Waals surface area (Å²) in [6, 6.07) is 55.5. The third-order valence-electron chi connectivity index (χ3n) is 9.99. The first-order chi connectivity index (χ1) is 23.2. The molecule has 9 aromatic carbocycles. The van der Waals surface area contributed by atoms with Crippen LogP contribution in [-0.4, -0.2) is 0 Å². The average molecular weight is 598 g/mol. The lowest BCUT2D eigenvalue weighted by Crippen LogP contribution is -1.96. The fraction of sp³-hybridized carbons (Fsp3) is 0.0652. The predicted octanol–water partition coefficient (Wildman–Crippen LogP) is 12.8. The van der Waals surface area contributed by atoms with E-state index in [-0.39, 0.29) is 0 Å². The highest BCUT2D eigenvalue weighted by Crippen LogP contribution is 2.41. The molecule has 0 aliphatic rings. The second kappa shape index (κ2) is 10.8. The Morgan fingerprint density at radius 3 is 1.15 bits per heavy atom. The smallest absolute Gasteiger partial charge is 0.0998 e. The summed E-state index contributed by atoms with van der Waals surface area (Å²) >= 11 is 0. The molecule has 1 nitrogen and oxygen atoms in total. The molecule has 0 bridgehead atoms. The van der Waals surface area contributed by atoms with Crippen LogP contribution in [0.4, 0.5) is 0 Å². The molecule has 0 atom stereocenters. The number of nitriles is 1. The maximum Gasteiger partial charge on any atom is 0.0998 e. The minimum atomic E-state index is 0.721. The van der Waals surface area contributed by atoms with Gasteiger partial charge in [-0.05, 0) is 118 Å². The Bertz CT molecular complexity index is 2690. The molecular formula is C46H31N. The minimum Gasteiger partial charge on any atom is -0.192 e. The van der Waals surface area contributed by atoms with E-state index in [2.05, 4.69) is 159 Å². The highest BCUT2D eigenvalue weighted by Gasteiger charge is 2.17. The lowest BCUT2D eigenvalue weighted by atomic mass is 9.86. The molecule has 9 rings (SSSR count). The highest BCUT2D eigenvalue weighted by atomic mass is 14.3. The van der Waals surface area contributed by atoms with Crippen LogP contribution in [0.2, 0.25) is 0 Å². The molecule has 0 fully saturated rings. The summed E-state index contributed by atoms with van der Waals surface area (Å²) in [7, 11) is 0. The highest BCUT2D eigenvalue weighted by molar-refractivity contribution is 6.27. The van der Waals surface area contributed by atoms with Gasteiger partial charge in [-0.25, -0.2) is 0 Å². The van der Waals surface area contributed by atoms with E-state index in [1.165, 1.54) is 81.3 Å². The van der Waals surface area contributed by atoms with E-state index in [1.807, 2.05) is 0 Å². The van der Waals surface area contributed by atoms with Crippen LogP contribution < -0.4 is 0 Å². The quantitative estimate of drug-likeness (QED) is 0.185. The van der Waals surface area contributed by atoms with Crippen LogP contribution in [0, 0.1) is 11.3 Å². The summed E-state index contributed by atoms with van der Waals surface area (Å²) in [5.74, 6) is 0. The van der Waals surface area contributed by atoms with Crippen molar-refractivity contribution in [2.45, 2.75) is 19.8 Å². The topological polar surface area (TPSA) is 23.8 Å². The average Bonchev–Trinajstić information content (AvgIpc) is 3.14. The van der Waals surface area contributed by atoms with Crippen molar-refractivity contribution in [3.8, 4) is 28.3 Å². The number of aryl methyl sites for hydroxylation is 1. The molecule has 1 heteroatoms. The van der Waals surface area contributed by atoms with Gasteiger partial charge >= 0.3 is 0 Å². The summed E-state index contributed by atoms with van der Waals surface area (Å²) < 4.78 is 0.